The van der Waals surface area contributed by atoms with Crippen molar-refractivity contribution in [2.45, 2.75) is 53.4 Å². The quantitative estimate of drug-likeness (QED) is 0.286. The van der Waals surface area contributed by atoms with Gasteiger partial charge < -0.3 is 4.74 Å². The molecule has 2 heteroatoms. The van der Waals surface area contributed by atoms with Crippen LogP contribution >= 0.6 is 12.2 Å². The van der Waals surface area contributed by atoms with Crippen molar-refractivity contribution < 1.29 is 4.74 Å². The van der Waals surface area contributed by atoms with Crippen LogP contribution in [0, 0.1) is 6.92 Å². The summed E-state index contributed by atoms with van der Waals surface area (Å²) in [5.41, 5.74) is 8.73. The number of allylic oxidation sites excluding steroid dienone is 5. The van der Waals surface area contributed by atoms with Crippen LogP contribution in [0.4, 0.5) is 0 Å². The van der Waals surface area contributed by atoms with Gasteiger partial charge in [-0.1, -0.05) is 74.6 Å². The average Bonchev–Trinajstić information content (AvgIpc) is 2.75. The molecule has 158 valence electrons. The second-order valence-corrected chi connectivity index (χ2v) is 8.32. The lowest BCUT2D eigenvalue weighted by atomic mass is 9.89. The molecule has 0 unspecified atom stereocenters. The van der Waals surface area contributed by atoms with Gasteiger partial charge in [0.1, 0.15) is 5.75 Å². The fourth-order valence-electron chi connectivity index (χ4n) is 3.73. The molecule has 0 bridgehead atoms. The number of ether oxygens (including phenoxy) is 1. The molecule has 0 amide bonds. The van der Waals surface area contributed by atoms with Gasteiger partial charge in [0.2, 0.25) is 0 Å². The molecule has 1 nitrogen and oxygen atoms in total. The van der Waals surface area contributed by atoms with Gasteiger partial charge in [-0.05, 0) is 90.4 Å². The Morgan fingerprint density at radius 1 is 1.10 bits per heavy atom. The van der Waals surface area contributed by atoms with Crippen LogP contribution in [0.3, 0.4) is 0 Å². The van der Waals surface area contributed by atoms with Crippen LogP contribution in [0.1, 0.15) is 61.4 Å². The predicted octanol–water partition coefficient (Wildman–Crippen LogP) is 7.95. The van der Waals surface area contributed by atoms with Crippen molar-refractivity contribution in [2.75, 3.05) is 7.11 Å². The number of methoxy groups -OCH3 is 1. The van der Waals surface area contributed by atoms with Crippen LogP contribution in [0.2, 0.25) is 0 Å². The van der Waals surface area contributed by atoms with Gasteiger partial charge in [-0.25, -0.2) is 0 Å². The largest absolute Gasteiger partial charge is 0.496 e. The van der Waals surface area contributed by atoms with Gasteiger partial charge in [0.05, 0.1) is 7.11 Å². The summed E-state index contributed by atoms with van der Waals surface area (Å²) in [5.74, 6) is 0.873. The van der Waals surface area contributed by atoms with E-state index < -0.39 is 0 Å². The molecule has 0 atom stereocenters. The number of hydrogen-bond donors (Lipinski definition) is 0. The number of hydrogen-bond acceptors (Lipinski definition) is 2. The lowest BCUT2D eigenvalue weighted by Crippen LogP contribution is -2.01. The highest BCUT2D eigenvalue weighted by Crippen LogP contribution is 2.31. The third-order valence-corrected chi connectivity index (χ3v) is 5.69. The monoisotopic (exact) mass is 418 g/mol. The second-order valence-electron chi connectivity index (χ2n) is 7.62. The highest BCUT2D eigenvalue weighted by molar-refractivity contribution is 7.80. The van der Waals surface area contributed by atoms with E-state index in [2.05, 4.69) is 57.7 Å². The number of rotatable bonds is 10. The molecule has 0 spiro atoms. The van der Waals surface area contributed by atoms with Crippen molar-refractivity contribution in [3.05, 3.63) is 89.0 Å². The van der Waals surface area contributed by atoms with E-state index in [0.717, 1.165) is 53.0 Å². The fraction of sp³-hybridized carbons (Fsp3) is 0.321. The molecule has 2 aromatic rings. The molecule has 0 aliphatic heterocycles. The van der Waals surface area contributed by atoms with E-state index in [0.29, 0.717) is 0 Å². The summed E-state index contributed by atoms with van der Waals surface area (Å²) in [4.78, 5) is 1.06. The standard InChI is InChI=1S/C28H34OS/c1-7-12-24-18-26(19-25(21(24)5)16-15-20(4)30)22(8-2)17-23(9-3)27-13-10-11-14-28(27)29-6/h8-11,13-14,17-19H,2,7,12,15-16H2,1,3-6H3/b22-17+,23-9+. The van der Waals surface area contributed by atoms with E-state index in [4.69, 9.17) is 17.0 Å². The maximum atomic E-state index is 5.58. The maximum Gasteiger partial charge on any atom is 0.126 e. The van der Waals surface area contributed by atoms with E-state index in [9.17, 15) is 0 Å². The number of thiocarbonyl (C=S) groups is 1. The minimum atomic E-state index is 0.873. The van der Waals surface area contributed by atoms with Crippen molar-refractivity contribution in [1.82, 2.24) is 0 Å². The van der Waals surface area contributed by atoms with Crippen LogP contribution in [-0.4, -0.2) is 12.0 Å². The normalized spacial score (nSPS) is 12.0. The molecule has 2 rings (SSSR count). The summed E-state index contributed by atoms with van der Waals surface area (Å²) in [5, 5.41) is 0. The van der Waals surface area contributed by atoms with Gasteiger partial charge in [0.15, 0.2) is 0 Å². The Balaban J connectivity index is 2.57. The molecule has 0 aliphatic rings. The first kappa shape index (κ1) is 23.8. The van der Waals surface area contributed by atoms with Crippen LogP contribution in [0.15, 0.2) is 61.2 Å². The molecule has 0 heterocycles. The van der Waals surface area contributed by atoms with E-state index >= 15 is 0 Å². The zero-order valence-corrected chi connectivity index (χ0v) is 19.9. The molecular formula is C28H34OS. The first-order chi connectivity index (χ1) is 14.4. The van der Waals surface area contributed by atoms with Gasteiger partial charge in [-0.3, -0.25) is 0 Å². The van der Waals surface area contributed by atoms with Crippen molar-refractivity contribution in [1.29, 1.82) is 0 Å². The maximum absolute atomic E-state index is 5.58. The Labute approximate surface area is 188 Å². The van der Waals surface area contributed by atoms with Gasteiger partial charge in [-0.2, -0.15) is 0 Å². The SMILES string of the molecule is C=C/C(=C\C(=C/C)c1ccccc1OC)c1cc(CCC)c(C)c(CCC(C)=S)c1. The lowest BCUT2D eigenvalue weighted by Gasteiger charge is -2.16. The molecule has 0 N–H and O–H groups in total. The summed E-state index contributed by atoms with van der Waals surface area (Å²) in [6.45, 7) is 12.7. The molecule has 0 radical (unpaired) electrons. The zero-order chi connectivity index (χ0) is 22.1. The summed E-state index contributed by atoms with van der Waals surface area (Å²) < 4.78 is 5.58. The Morgan fingerprint density at radius 2 is 1.77 bits per heavy atom. The minimum absolute atomic E-state index is 0.873. The predicted molar refractivity (Wildman–Crippen MR) is 137 cm³/mol. The first-order valence-corrected chi connectivity index (χ1v) is 11.1. The van der Waals surface area contributed by atoms with Crippen LogP contribution in [0.25, 0.3) is 11.1 Å². The van der Waals surface area contributed by atoms with Crippen molar-refractivity contribution >= 4 is 28.2 Å². The molecule has 0 saturated heterocycles. The first-order valence-electron chi connectivity index (χ1n) is 10.7. The van der Waals surface area contributed by atoms with Gasteiger partial charge in [-0.15, -0.1) is 0 Å². The molecule has 0 saturated carbocycles. The smallest absolute Gasteiger partial charge is 0.126 e. The van der Waals surface area contributed by atoms with E-state index in [1.54, 1.807) is 7.11 Å². The third kappa shape index (κ3) is 6.03. The molecular weight excluding hydrogens is 384 g/mol. The van der Waals surface area contributed by atoms with Crippen LogP contribution in [0.5, 0.6) is 5.75 Å². The van der Waals surface area contributed by atoms with Gasteiger partial charge in [0, 0.05) is 5.56 Å². The van der Waals surface area contributed by atoms with Gasteiger partial charge in [0.25, 0.3) is 0 Å². The molecule has 0 aliphatic carbocycles. The zero-order valence-electron chi connectivity index (χ0n) is 19.0. The Hall–Kier alpha value is -2.45. The molecule has 0 aromatic heterocycles. The van der Waals surface area contributed by atoms with E-state index in [1.807, 2.05) is 31.2 Å². The van der Waals surface area contributed by atoms with Crippen LogP contribution < -0.4 is 4.74 Å². The topological polar surface area (TPSA) is 9.23 Å². The third-order valence-electron chi connectivity index (χ3n) is 5.48. The lowest BCUT2D eigenvalue weighted by molar-refractivity contribution is 0.413. The molecule has 2 aromatic carbocycles. The Morgan fingerprint density at radius 3 is 2.33 bits per heavy atom. The molecule has 30 heavy (non-hydrogen) atoms. The van der Waals surface area contributed by atoms with E-state index in [-0.39, 0.29) is 0 Å². The summed E-state index contributed by atoms with van der Waals surface area (Å²) in [6.07, 6.45) is 10.4. The minimum Gasteiger partial charge on any atom is -0.496 e. The van der Waals surface area contributed by atoms with Crippen LogP contribution in [-0.2, 0) is 12.8 Å². The Kier molecular flexibility index (Phi) is 9.26. The Bertz CT molecular complexity index is 963. The van der Waals surface area contributed by atoms with Gasteiger partial charge >= 0.3 is 0 Å². The van der Waals surface area contributed by atoms with Crippen molar-refractivity contribution in [3.8, 4) is 5.75 Å². The summed E-state index contributed by atoms with van der Waals surface area (Å²) >= 11 is 5.33. The summed E-state index contributed by atoms with van der Waals surface area (Å²) in [7, 11) is 1.71. The average molecular weight is 419 g/mol. The highest BCUT2D eigenvalue weighted by atomic mass is 32.1. The fourth-order valence-corrected chi connectivity index (χ4v) is 3.84. The number of benzene rings is 2. The number of aryl methyl sites for hydroxylation is 2. The van der Waals surface area contributed by atoms with Crippen molar-refractivity contribution in [2.24, 2.45) is 0 Å². The highest BCUT2D eigenvalue weighted by Gasteiger charge is 2.11. The summed E-state index contributed by atoms with van der Waals surface area (Å²) in [6, 6.07) is 12.8. The van der Waals surface area contributed by atoms with Crippen molar-refractivity contribution in [3.63, 3.8) is 0 Å². The van der Waals surface area contributed by atoms with E-state index in [1.165, 1.54) is 22.3 Å². The number of para-hydroxylation sites is 1. The molecule has 0 fully saturated rings. The second kappa shape index (κ2) is 11.7.